The first-order chi connectivity index (χ1) is 31.2. The number of carbonyl (C=O) groups excluding carboxylic acids is 3. The van der Waals surface area contributed by atoms with Crippen molar-refractivity contribution in [3.05, 3.63) is 12.3 Å². The number of aliphatic hydroxyl groups excluding tert-OH is 1. The number of nitrogens with one attached hydrogen (secondary N) is 1. The van der Waals surface area contributed by atoms with Gasteiger partial charge in [0.05, 0.1) is 12.7 Å². The monoisotopic (exact) mass is 906 g/mol. The van der Waals surface area contributed by atoms with Gasteiger partial charge in [-0.15, -0.1) is 0 Å². The van der Waals surface area contributed by atoms with Crippen molar-refractivity contribution in [3.63, 3.8) is 0 Å². The topological polar surface area (TPSA) is 129 Å². The molecule has 0 saturated heterocycles. The minimum Gasteiger partial charge on any atom is -0.466 e. The Hall–Kier alpha value is -2.17. The van der Waals surface area contributed by atoms with E-state index in [1.54, 1.807) is 19.3 Å². The molecule has 2 atom stereocenters. The second kappa shape index (κ2) is 42.2. The summed E-state index contributed by atoms with van der Waals surface area (Å²) in [5, 5.41) is 24.5. The Morgan fingerprint density at radius 3 is 1.59 bits per heavy atom. The highest BCUT2D eigenvalue weighted by Gasteiger charge is 2.40. The number of ether oxygens (including phenoxy) is 2. The first kappa shape index (κ1) is 59.8. The summed E-state index contributed by atoms with van der Waals surface area (Å²) in [6, 6.07) is 0. The molecule has 0 aromatic heterocycles. The summed E-state index contributed by atoms with van der Waals surface area (Å²) in [6.07, 6.45) is 42.7. The molecule has 10 nitrogen and oxygen atoms in total. The van der Waals surface area contributed by atoms with Crippen molar-refractivity contribution in [1.82, 2.24) is 15.1 Å². The van der Waals surface area contributed by atoms with Gasteiger partial charge >= 0.3 is 11.9 Å². The van der Waals surface area contributed by atoms with Crippen molar-refractivity contribution in [3.8, 4) is 0 Å². The van der Waals surface area contributed by atoms with Gasteiger partial charge in [0.1, 0.15) is 6.10 Å². The van der Waals surface area contributed by atoms with E-state index in [1.807, 2.05) is 0 Å². The van der Waals surface area contributed by atoms with Crippen LogP contribution in [0.1, 0.15) is 258 Å². The van der Waals surface area contributed by atoms with Gasteiger partial charge in [0, 0.05) is 39.4 Å². The number of unbranched alkanes of at least 4 members (excludes halogenated alkanes) is 25. The third kappa shape index (κ3) is 33.3. The summed E-state index contributed by atoms with van der Waals surface area (Å²) in [5.41, 5.74) is -1.51. The Morgan fingerprint density at radius 2 is 1.06 bits per heavy atom. The van der Waals surface area contributed by atoms with Crippen LogP contribution >= 0.6 is 0 Å². The second-order valence-electron chi connectivity index (χ2n) is 19.3. The van der Waals surface area contributed by atoms with Crippen LogP contribution in [0.3, 0.4) is 0 Å². The van der Waals surface area contributed by atoms with Crippen molar-refractivity contribution in [2.75, 3.05) is 39.8 Å². The number of aliphatic hydroxyl groups is 2. The van der Waals surface area contributed by atoms with E-state index in [0.717, 1.165) is 116 Å². The van der Waals surface area contributed by atoms with E-state index in [1.165, 1.54) is 114 Å². The Bertz CT molecular complexity index is 1120. The SMILES string of the molecule is CCCCCCCCCCCOC(=O)CCCCCN(CCCCCCCC(=O)OC(CCCCCCCC)CCCCCCCC)CC(O)CCCCNC(=O)C1(O)CC=CN1C. The number of hydrogen-bond donors (Lipinski definition) is 3. The van der Waals surface area contributed by atoms with E-state index in [9.17, 15) is 24.6 Å². The summed E-state index contributed by atoms with van der Waals surface area (Å²) in [5.74, 6) is -0.490. The molecule has 1 rings (SSSR count). The molecule has 0 radical (unpaired) electrons. The molecule has 1 heterocycles. The smallest absolute Gasteiger partial charge is 0.306 e. The van der Waals surface area contributed by atoms with E-state index < -0.39 is 11.8 Å². The highest BCUT2D eigenvalue weighted by Crippen LogP contribution is 2.23. The van der Waals surface area contributed by atoms with E-state index in [-0.39, 0.29) is 30.4 Å². The Morgan fingerprint density at radius 1 is 0.609 bits per heavy atom. The lowest BCUT2D eigenvalue weighted by molar-refractivity contribution is -0.152. The van der Waals surface area contributed by atoms with Gasteiger partial charge in [0.25, 0.3) is 5.91 Å². The fraction of sp³-hybridized carbons (Fsp3) is 0.907. The summed E-state index contributed by atoms with van der Waals surface area (Å²) >= 11 is 0. The van der Waals surface area contributed by atoms with Gasteiger partial charge < -0.3 is 34.8 Å². The van der Waals surface area contributed by atoms with E-state index >= 15 is 0 Å². The third-order valence-corrected chi connectivity index (χ3v) is 13.2. The molecule has 64 heavy (non-hydrogen) atoms. The minimum absolute atomic E-state index is 0.0207. The van der Waals surface area contributed by atoms with Crippen molar-refractivity contribution in [2.24, 2.45) is 0 Å². The van der Waals surface area contributed by atoms with Crippen LogP contribution in [0.25, 0.3) is 0 Å². The molecule has 376 valence electrons. The van der Waals surface area contributed by atoms with E-state index in [2.05, 4.69) is 31.0 Å². The summed E-state index contributed by atoms with van der Waals surface area (Å²) in [7, 11) is 1.70. The van der Waals surface area contributed by atoms with Gasteiger partial charge in [0.2, 0.25) is 5.72 Å². The number of hydrogen-bond acceptors (Lipinski definition) is 9. The molecule has 2 unspecified atom stereocenters. The molecule has 10 heteroatoms. The zero-order valence-electron chi connectivity index (χ0n) is 42.3. The number of amides is 1. The summed E-state index contributed by atoms with van der Waals surface area (Å²) in [6.45, 7) is 10.1. The van der Waals surface area contributed by atoms with E-state index in [0.29, 0.717) is 39.0 Å². The van der Waals surface area contributed by atoms with Crippen molar-refractivity contribution >= 4 is 17.8 Å². The first-order valence-electron chi connectivity index (χ1n) is 27.3. The van der Waals surface area contributed by atoms with E-state index in [4.69, 9.17) is 9.47 Å². The third-order valence-electron chi connectivity index (χ3n) is 13.2. The lowest BCUT2D eigenvalue weighted by Gasteiger charge is -2.30. The van der Waals surface area contributed by atoms with Crippen LogP contribution in [0.2, 0.25) is 0 Å². The minimum atomic E-state index is -1.51. The number of carbonyl (C=O) groups is 3. The van der Waals surface area contributed by atoms with Crippen molar-refractivity contribution < 1.29 is 34.1 Å². The fourth-order valence-electron chi connectivity index (χ4n) is 8.83. The van der Waals surface area contributed by atoms with Crippen molar-refractivity contribution in [2.45, 2.75) is 276 Å². The van der Waals surface area contributed by atoms with Crippen LogP contribution < -0.4 is 5.32 Å². The normalized spacial score (nSPS) is 15.4. The number of likely N-dealkylation sites (N-methyl/N-ethyl adjacent to an activating group) is 1. The molecule has 1 amide bonds. The second-order valence-corrected chi connectivity index (χ2v) is 19.3. The van der Waals surface area contributed by atoms with Crippen LogP contribution in [0.4, 0.5) is 0 Å². The molecule has 0 aromatic rings. The first-order valence-corrected chi connectivity index (χ1v) is 27.3. The number of rotatable bonds is 47. The van der Waals surface area contributed by atoms with Gasteiger partial charge in [0.15, 0.2) is 0 Å². The van der Waals surface area contributed by atoms with Crippen LogP contribution in [0, 0.1) is 0 Å². The van der Waals surface area contributed by atoms with Crippen LogP contribution in [0.5, 0.6) is 0 Å². The fourth-order valence-corrected chi connectivity index (χ4v) is 8.83. The predicted molar refractivity (Wildman–Crippen MR) is 266 cm³/mol. The summed E-state index contributed by atoms with van der Waals surface area (Å²) < 4.78 is 11.6. The molecule has 0 bridgehead atoms. The van der Waals surface area contributed by atoms with Gasteiger partial charge in [-0.3, -0.25) is 14.4 Å². The van der Waals surface area contributed by atoms with Gasteiger partial charge in [-0.05, 0) is 96.3 Å². The molecule has 1 aliphatic heterocycles. The Labute approximate surface area is 394 Å². The van der Waals surface area contributed by atoms with Gasteiger partial charge in [-0.2, -0.15) is 0 Å². The molecular weight excluding hydrogens is 803 g/mol. The molecule has 3 N–H and O–H groups in total. The highest BCUT2D eigenvalue weighted by atomic mass is 16.5. The highest BCUT2D eigenvalue weighted by molar-refractivity contribution is 5.85. The quantitative estimate of drug-likeness (QED) is 0.0404. The maximum absolute atomic E-state index is 12.9. The van der Waals surface area contributed by atoms with Crippen LogP contribution in [-0.4, -0.2) is 95.6 Å². The Balaban J connectivity index is 2.43. The molecule has 0 spiro atoms. The molecule has 1 aliphatic rings. The molecule has 0 aromatic carbocycles. The van der Waals surface area contributed by atoms with Crippen LogP contribution in [-0.2, 0) is 23.9 Å². The molecule has 0 saturated carbocycles. The summed E-state index contributed by atoms with van der Waals surface area (Å²) in [4.78, 5) is 41.7. The van der Waals surface area contributed by atoms with Crippen molar-refractivity contribution in [1.29, 1.82) is 0 Å². The maximum atomic E-state index is 12.9. The number of esters is 2. The lowest BCUT2D eigenvalue weighted by atomic mass is 10.0. The number of nitrogens with zero attached hydrogens (tertiary/aromatic N) is 2. The predicted octanol–water partition coefficient (Wildman–Crippen LogP) is 12.9. The average molecular weight is 906 g/mol. The van der Waals surface area contributed by atoms with Gasteiger partial charge in [-0.1, -0.05) is 168 Å². The lowest BCUT2D eigenvalue weighted by Crippen LogP contribution is -2.53. The zero-order valence-corrected chi connectivity index (χ0v) is 42.3. The molecule has 0 fully saturated rings. The largest absolute Gasteiger partial charge is 0.466 e. The molecule has 0 aliphatic carbocycles. The standard InChI is InChI=1S/C54H103N3O7/c1-5-8-11-14-17-18-19-25-35-47-63-51(59)40-30-26-34-46-57(48-49(58)37-31-32-43-55-53(61)54(62)42-36-44-56(54)4)45-33-24-20-23-29-41-52(60)64-50(38-27-21-15-12-9-6-2)39-28-22-16-13-10-7-3/h36,44,49-50,58,62H,5-35,37-43,45-48H2,1-4H3,(H,55,61). The van der Waals surface area contributed by atoms with Crippen LogP contribution in [0.15, 0.2) is 12.3 Å². The average Bonchev–Trinajstić information content (AvgIpc) is 3.63. The molecular formula is C54H103N3O7. The zero-order chi connectivity index (χ0) is 46.8. The Kier molecular flexibility index (Phi) is 39.5. The maximum Gasteiger partial charge on any atom is 0.306 e. The van der Waals surface area contributed by atoms with Gasteiger partial charge in [-0.25, -0.2) is 0 Å².